The quantitative estimate of drug-likeness (QED) is 0.689. The van der Waals surface area contributed by atoms with Crippen molar-refractivity contribution in [3.05, 3.63) is 29.8 Å². The van der Waals surface area contributed by atoms with Crippen LogP contribution < -0.4 is 15.0 Å². The van der Waals surface area contributed by atoms with Gasteiger partial charge in [-0.3, -0.25) is 4.79 Å². The fourth-order valence-corrected chi connectivity index (χ4v) is 4.76. The van der Waals surface area contributed by atoms with Crippen LogP contribution in [0.15, 0.2) is 24.3 Å². The molecule has 2 aliphatic rings. The molecular weight excluding hydrogens is 366 g/mol. The molecule has 0 bridgehead atoms. The summed E-state index contributed by atoms with van der Waals surface area (Å²) in [6.45, 7) is 7.97. The monoisotopic (exact) mass is 402 g/mol. The van der Waals surface area contributed by atoms with Gasteiger partial charge in [-0.25, -0.2) is 9.69 Å². The van der Waals surface area contributed by atoms with E-state index in [0.29, 0.717) is 12.6 Å². The van der Waals surface area contributed by atoms with Gasteiger partial charge in [0.1, 0.15) is 17.8 Å². The zero-order valence-electron chi connectivity index (χ0n) is 18.5. The van der Waals surface area contributed by atoms with Crippen molar-refractivity contribution in [3.8, 4) is 5.75 Å². The van der Waals surface area contributed by atoms with Gasteiger partial charge in [-0.2, -0.15) is 0 Å². The highest BCUT2D eigenvalue weighted by Crippen LogP contribution is 2.44. The normalized spacial score (nSPS) is 26.0. The zero-order chi connectivity index (χ0) is 21.2. The van der Waals surface area contributed by atoms with Crippen LogP contribution in [0.25, 0.3) is 0 Å². The molecular formula is C23H36N3O3+. The van der Waals surface area contributed by atoms with Gasteiger partial charge in [-0.1, -0.05) is 27.2 Å². The minimum atomic E-state index is -0.683. The average molecular weight is 403 g/mol. The molecule has 2 N–H and O–H groups in total. The number of carbonyl (C=O) groups is 2. The first-order valence-corrected chi connectivity index (χ1v) is 10.8. The molecule has 3 amide bonds. The smallest absolute Gasteiger partial charge is 0.329 e. The van der Waals surface area contributed by atoms with Crippen molar-refractivity contribution < 1.29 is 19.2 Å². The summed E-state index contributed by atoms with van der Waals surface area (Å²) in [4.78, 5) is 28.3. The maximum absolute atomic E-state index is 13.2. The molecule has 2 fully saturated rings. The molecule has 1 aromatic carbocycles. The second-order valence-electron chi connectivity index (χ2n) is 9.50. The third kappa shape index (κ3) is 4.42. The molecule has 1 aliphatic carbocycles. The van der Waals surface area contributed by atoms with Crippen LogP contribution in [0.2, 0.25) is 0 Å². The lowest BCUT2D eigenvalue weighted by Crippen LogP contribution is -3.09. The van der Waals surface area contributed by atoms with E-state index in [9.17, 15) is 9.59 Å². The third-order valence-corrected chi connectivity index (χ3v) is 7.19. The van der Waals surface area contributed by atoms with Crippen molar-refractivity contribution >= 4 is 11.9 Å². The number of quaternary nitrogens is 1. The molecule has 1 spiro atoms. The molecule has 1 saturated carbocycles. The number of carbonyl (C=O) groups excluding carboxylic acids is 2. The van der Waals surface area contributed by atoms with Gasteiger partial charge in [0, 0.05) is 5.56 Å². The van der Waals surface area contributed by atoms with E-state index in [1.807, 2.05) is 31.3 Å². The van der Waals surface area contributed by atoms with Crippen LogP contribution in [0, 0.1) is 11.3 Å². The Morgan fingerprint density at radius 3 is 2.38 bits per heavy atom. The van der Waals surface area contributed by atoms with Crippen LogP contribution in [-0.2, 0) is 11.3 Å². The van der Waals surface area contributed by atoms with E-state index < -0.39 is 5.54 Å². The minimum absolute atomic E-state index is 0.0377. The molecule has 1 saturated heterocycles. The summed E-state index contributed by atoms with van der Waals surface area (Å²) in [5.74, 6) is 1.40. The highest BCUT2D eigenvalue weighted by molar-refractivity contribution is 6.06. The first-order chi connectivity index (χ1) is 13.7. The Bertz CT molecular complexity index is 736. The van der Waals surface area contributed by atoms with Gasteiger partial charge < -0.3 is 15.0 Å². The zero-order valence-corrected chi connectivity index (χ0v) is 18.5. The summed E-state index contributed by atoms with van der Waals surface area (Å²) >= 11 is 0. The molecule has 3 rings (SSSR count). The summed E-state index contributed by atoms with van der Waals surface area (Å²) in [6, 6.07) is 7.67. The second-order valence-corrected chi connectivity index (χ2v) is 9.50. The van der Waals surface area contributed by atoms with E-state index in [0.717, 1.165) is 54.9 Å². The van der Waals surface area contributed by atoms with Crippen LogP contribution >= 0.6 is 0 Å². The fourth-order valence-electron chi connectivity index (χ4n) is 4.76. The summed E-state index contributed by atoms with van der Waals surface area (Å²) in [6.07, 6.45) is 4.63. The van der Waals surface area contributed by atoms with Gasteiger partial charge in [0.25, 0.3) is 5.91 Å². The van der Waals surface area contributed by atoms with E-state index in [1.54, 1.807) is 7.11 Å². The van der Waals surface area contributed by atoms with Crippen LogP contribution in [-0.4, -0.2) is 43.2 Å². The summed E-state index contributed by atoms with van der Waals surface area (Å²) in [7, 11) is 3.66. The number of hydrogen-bond donors (Lipinski definition) is 2. The van der Waals surface area contributed by atoms with Crippen molar-refractivity contribution in [3.63, 3.8) is 0 Å². The number of benzene rings is 1. The highest BCUT2D eigenvalue weighted by atomic mass is 16.5. The Labute approximate surface area is 174 Å². The molecule has 6 heteroatoms. The second kappa shape index (κ2) is 8.34. The molecule has 0 radical (unpaired) electrons. The molecule has 29 heavy (non-hydrogen) atoms. The van der Waals surface area contributed by atoms with Gasteiger partial charge in [0.15, 0.2) is 6.67 Å². The van der Waals surface area contributed by atoms with Crippen molar-refractivity contribution in [2.24, 2.45) is 11.3 Å². The number of nitrogens with one attached hydrogen (secondary N) is 2. The van der Waals surface area contributed by atoms with Crippen LogP contribution in [0.3, 0.4) is 0 Å². The summed E-state index contributed by atoms with van der Waals surface area (Å²) in [5.41, 5.74) is 0.750. The minimum Gasteiger partial charge on any atom is -0.497 e. The Hall–Kier alpha value is -2.08. The van der Waals surface area contributed by atoms with Crippen molar-refractivity contribution in [1.29, 1.82) is 0 Å². The maximum atomic E-state index is 13.2. The molecule has 1 aromatic rings. The lowest BCUT2D eigenvalue weighted by Gasteiger charge is -2.42. The summed E-state index contributed by atoms with van der Waals surface area (Å²) < 4.78 is 5.20. The third-order valence-electron chi connectivity index (χ3n) is 7.19. The standard InChI is InChI=1S/C23H35N3O3/c1-6-22(2,3)18-11-13-23(14-12-18)20(27)26(21(28)24-23)16-25(4)15-17-7-9-19(29-5)10-8-17/h7-10,18H,6,11-16H2,1-5H3,(H,24,28)/p+1. The SMILES string of the molecule is CCC(C)(C)C1CCC2(CC1)NC(=O)N(C[NH+](C)Cc1ccc(OC)cc1)C2=O. The number of amides is 3. The van der Waals surface area contributed by atoms with Gasteiger partial charge in [-0.05, 0) is 61.3 Å². The molecule has 1 aliphatic heterocycles. The number of methoxy groups -OCH3 is 1. The Kier molecular flexibility index (Phi) is 6.22. The Morgan fingerprint density at radius 2 is 1.83 bits per heavy atom. The number of imide groups is 1. The number of nitrogens with zero attached hydrogens (tertiary/aromatic N) is 1. The fraction of sp³-hybridized carbons (Fsp3) is 0.652. The molecule has 1 unspecified atom stereocenters. The maximum Gasteiger partial charge on any atom is 0.329 e. The number of rotatable bonds is 7. The number of ether oxygens (including phenoxy) is 1. The highest BCUT2D eigenvalue weighted by Gasteiger charge is 2.54. The predicted octanol–water partition coefficient (Wildman–Crippen LogP) is 2.58. The van der Waals surface area contributed by atoms with Crippen molar-refractivity contribution in [2.75, 3.05) is 20.8 Å². The first kappa shape index (κ1) is 21.6. The van der Waals surface area contributed by atoms with E-state index in [4.69, 9.17) is 4.74 Å². The van der Waals surface area contributed by atoms with E-state index >= 15 is 0 Å². The van der Waals surface area contributed by atoms with E-state index in [-0.39, 0.29) is 17.4 Å². The lowest BCUT2D eigenvalue weighted by atomic mass is 9.65. The van der Waals surface area contributed by atoms with Gasteiger partial charge in [-0.15, -0.1) is 0 Å². The molecule has 1 heterocycles. The molecule has 1 atom stereocenters. The average Bonchev–Trinajstić information content (AvgIpc) is 2.93. The molecule has 6 nitrogen and oxygen atoms in total. The van der Waals surface area contributed by atoms with Gasteiger partial charge in [0.2, 0.25) is 0 Å². The predicted molar refractivity (Wildman–Crippen MR) is 113 cm³/mol. The van der Waals surface area contributed by atoms with Gasteiger partial charge in [0.05, 0.1) is 14.2 Å². The van der Waals surface area contributed by atoms with Crippen LogP contribution in [0.4, 0.5) is 4.79 Å². The Balaban J connectivity index is 1.60. The topological polar surface area (TPSA) is 63.1 Å². The van der Waals surface area contributed by atoms with E-state index in [1.165, 1.54) is 4.90 Å². The van der Waals surface area contributed by atoms with Crippen LogP contribution in [0.5, 0.6) is 5.75 Å². The number of hydrogen-bond acceptors (Lipinski definition) is 3. The first-order valence-electron chi connectivity index (χ1n) is 10.8. The van der Waals surface area contributed by atoms with E-state index in [2.05, 4.69) is 26.1 Å². The summed E-state index contributed by atoms with van der Waals surface area (Å²) in [5, 5.41) is 3.05. The Morgan fingerprint density at radius 1 is 1.21 bits per heavy atom. The van der Waals surface area contributed by atoms with Crippen molar-refractivity contribution in [1.82, 2.24) is 10.2 Å². The van der Waals surface area contributed by atoms with Gasteiger partial charge >= 0.3 is 6.03 Å². The van der Waals surface area contributed by atoms with Crippen molar-refractivity contribution in [2.45, 2.75) is 65.0 Å². The molecule has 160 valence electrons. The number of urea groups is 1. The van der Waals surface area contributed by atoms with Crippen LogP contribution in [0.1, 0.15) is 58.4 Å². The lowest BCUT2D eigenvalue weighted by molar-refractivity contribution is -0.901. The largest absolute Gasteiger partial charge is 0.497 e. The molecule has 0 aromatic heterocycles.